The summed E-state index contributed by atoms with van der Waals surface area (Å²) in [4.78, 5) is 10.0. The summed E-state index contributed by atoms with van der Waals surface area (Å²) in [6.45, 7) is 0.398. The summed E-state index contributed by atoms with van der Waals surface area (Å²) < 4.78 is 15.9. The van der Waals surface area contributed by atoms with Gasteiger partial charge in [0.05, 0.1) is 11.5 Å². The van der Waals surface area contributed by atoms with E-state index in [1.54, 1.807) is 0 Å². The second-order valence-electron chi connectivity index (χ2n) is 5.18. The smallest absolute Gasteiger partial charge is 0.269 e. The molecule has 9 heteroatoms. The van der Waals surface area contributed by atoms with Crippen LogP contribution in [-0.4, -0.2) is 63.7 Å². The van der Waals surface area contributed by atoms with Crippen LogP contribution in [-0.2, 0) is 9.47 Å². The molecule has 0 spiro atoms. The van der Waals surface area contributed by atoms with Gasteiger partial charge in [-0.15, -0.1) is 0 Å². The molecule has 2 saturated heterocycles. The first kappa shape index (κ1) is 15.1. The van der Waals surface area contributed by atoms with Gasteiger partial charge in [-0.1, -0.05) is 0 Å². The summed E-state index contributed by atoms with van der Waals surface area (Å²) in [6, 6.07) is 5.21. The monoisotopic (exact) mass is 313 g/mol. The number of aliphatic hydroxyl groups excluding tert-OH is 3. The van der Waals surface area contributed by atoms with Gasteiger partial charge in [0, 0.05) is 12.1 Å². The number of ether oxygens (including phenoxy) is 3. The topological polar surface area (TPSA) is 135 Å². The second-order valence-corrected chi connectivity index (χ2v) is 5.18. The van der Waals surface area contributed by atoms with Gasteiger partial charge in [-0.25, -0.2) is 0 Å². The van der Waals surface area contributed by atoms with Crippen LogP contribution in [0, 0.1) is 10.1 Å². The molecule has 3 N–H and O–H groups in total. The van der Waals surface area contributed by atoms with E-state index in [1.807, 2.05) is 0 Å². The maximum Gasteiger partial charge on any atom is 0.269 e. The van der Waals surface area contributed by atoms with Crippen LogP contribution in [0.4, 0.5) is 5.69 Å². The normalized spacial score (nSPS) is 37.6. The van der Waals surface area contributed by atoms with E-state index in [4.69, 9.17) is 14.2 Å². The highest BCUT2D eigenvalue weighted by Gasteiger charge is 2.51. The molecule has 2 aliphatic rings. The number of epoxide rings is 1. The van der Waals surface area contributed by atoms with Gasteiger partial charge >= 0.3 is 0 Å². The van der Waals surface area contributed by atoms with Crippen molar-refractivity contribution in [2.24, 2.45) is 0 Å². The Kier molecular flexibility index (Phi) is 3.98. The first-order valence-electron chi connectivity index (χ1n) is 6.70. The first-order valence-corrected chi connectivity index (χ1v) is 6.70. The van der Waals surface area contributed by atoms with Crippen LogP contribution in [0.1, 0.15) is 0 Å². The number of non-ortho nitro benzene ring substituents is 1. The van der Waals surface area contributed by atoms with Crippen molar-refractivity contribution in [1.82, 2.24) is 0 Å². The third-order valence-electron chi connectivity index (χ3n) is 3.63. The molecular weight excluding hydrogens is 298 g/mol. The van der Waals surface area contributed by atoms with Crippen LogP contribution in [0.2, 0.25) is 0 Å². The largest absolute Gasteiger partial charge is 0.462 e. The maximum absolute atomic E-state index is 10.6. The number of aliphatic hydroxyl groups is 3. The Morgan fingerprint density at radius 1 is 1.14 bits per heavy atom. The Hall–Kier alpha value is -1.78. The van der Waals surface area contributed by atoms with Crippen molar-refractivity contribution in [2.75, 3.05) is 6.61 Å². The highest BCUT2D eigenvalue weighted by atomic mass is 16.7. The first-order chi connectivity index (χ1) is 10.5. The van der Waals surface area contributed by atoms with E-state index in [-0.39, 0.29) is 17.5 Å². The highest BCUT2D eigenvalue weighted by molar-refractivity contribution is 5.36. The minimum absolute atomic E-state index is 0.0998. The van der Waals surface area contributed by atoms with Crippen LogP contribution >= 0.6 is 0 Å². The van der Waals surface area contributed by atoms with Crippen molar-refractivity contribution in [3.05, 3.63) is 34.4 Å². The average Bonchev–Trinajstić information content (AvgIpc) is 3.33. The lowest BCUT2D eigenvalue weighted by Crippen LogP contribution is -2.60. The van der Waals surface area contributed by atoms with Gasteiger partial charge in [-0.05, 0) is 12.1 Å². The second kappa shape index (κ2) is 5.78. The van der Waals surface area contributed by atoms with Crippen molar-refractivity contribution in [1.29, 1.82) is 0 Å². The number of hydrogen-bond acceptors (Lipinski definition) is 8. The average molecular weight is 313 g/mol. The number of nitrogens with zero attached hydrogens (tertiary/aromatic N) is 1. The van der Waals surface area contributed by atoms with E-state index >= 15 is 0 Å². The molecule has 0 aromatic heterocycles. The molecule has 6 atom stereocenters. The number of hydrogen-bond donors (Lipinski definition) is 3. The van der Waals surface area contributed by atoms with E-state index in [2.05, 4.69) is 0 Å². The van der Waals surface area contributed by atoms with Gasteiger partial charge in [0.15, 0.2) is 0 Å². The molecule has 2 heterocycles. The van der Waals surface area contributed by atoms with Gasteiger partial charge in [0.1, 0.15) is 36.3 Å². The van der Waals surface area contributed by atoms with Crippen molar-refractivity contribution < 1.29 is 34.5 Å². The maximum atomic E-state index is 10.6. The predicted molar refractivity (Wildman–Crippen MR) is 70.1 cm³/mol. The number of rotatable bonds is 4. The minimum Gasteiger partial charge on any atom is -0.462 e. The molecule has 0 saturated carbocycles. The molecule has 9 nitrogen and oxygen atoms in total. The van der Waals surface area contributed by atoms with Crippen LogP contribution in [0.15, 0.2) is 24.3 Å². The quantitative estimate of drug-likeness (QED) is 0.373. The van der Waals surface area contributed by atoms with Gasteiger partial charge in [0.2, 0.25) is 6.29 Å². The molecule has 0 unspecified atom stereocenters. The zero-order valence-corrected chi connectivity index (χ0v) is 11.3. The molecule has 3 rings (SSSR count). The van der Waals surface area contributed by atoms with Crippen molar-refractivity contribution in [3.8, 4) is 5.75 Å². The van der Waals surface area contributed by atoms with Crippen molar-refractivity contribution in [2.45, 2.75) is 36.8 Å². The summed E-state index contributed by atoms with van der Waals surface area (Å²) in [6.07, 6.45) is -6.54. The third-order valence-corrected chi connectivity index (χ3v) is 3.63. The standard InChI is InChI=1S/C13H15NO8/c15-9-10(16)12(8-5-20-8)22-13(11(9)17)21-7-3-1-6(2-4-7)14(18)19/h1-4,8-13,15-17H,5H2/t8-,9+,10-,11-,12-,13-/m1/s1. The Bertz CT molecular complexity index is 545. The van der Waals surface area contributed by atoms with E-state index in [1.165, 1.54) is 24.3 Å². The summed E-state index contributed by atoms with van der Waals surface area (Å²) in [5.41, 5.74) is -0.0998. The van der Waals surface area contributed by atoms with E-state index < -0.39 is 35.6 Å². The van der Waals surface area contributed by atoms with E-state index in [0.717, 1.165) is 0 Å². The fourth-order valence-electron chi connectivity index (χ4n) is 2.30. The molecule has 0 amide bonds. The van der Waals surface area contributed by atoms with Crippen molar-refractivity contribution in [3.63, 3.8) is 0 Å². The number of nitro benzene ring substituents is 1. The molecule has 0 aliphatic carbocycles. The highest BCUT2D eigenvalue weighted by Crippen LogP contribution is 2.31. The Morgan fingerprint density at radius 3 is 2.32 bits per heavy atom. The predicted octanol–water partition coefficient (Wildman–Crippen LogP) is -0.820. The van der Waals surface area contributed by atoms with Crippen molar-refractivity contribution >= 4 is 5.69 Å². The van der Waals surface area contributed by atoms with Gasteiger partial charge in [-0.3, -0.25) is 10.1 Å². The Labute approximate surface area is 124 Å². The van der Waals surface area contributed by atoms with E-state index in [0.29, 0.717) is 6.61 Å². The fraction of sp³-hybridized carbons (Fsp3) is 0.538. The summed E-state index contributed by atoms with van der Waals surface area (Å²) in [5.74, 6) is 0.230. The van der Waals surface area contributed by atoms with Crippen LogP contribution in [0.3, 0.4) is 0 Å². The van der Waals surface area contributed by atoms with Crippen LogP contribution < -0.4 is 4.74 Å². The number of benzene rings is 1. The zero-order chi connectivity index (χ0) is 15.9. The minimum atomic E-state index is -1.46. The lowest BCUT2D eigenvalue weighted by molar-refractivity contribution is -0.384. The fourth-order valence-corrected chi connectivity index (χ4v) is 2.30. The molecule has 120 valence electrons. The van der Waals surface area contributed by atoms with Crippen LogP contribution in [0.25, 0.3) is 0 Å². The summed E-state index contributed by atoms with van der Waals surface area (Å²) in [7, 11) is 0. The third kappa shape index (κ3) is 2.89. The molecule has 1 aromatic rings. The van der Waals surface area contributed by atoms with Gasteiger partial charge < -0.3 is 29.5 Å². The molecule has 22 heavy (non-hydrogen) atoms. The SMILES string of the molecule is O=[N+]([O-])c1ccc(O[C@@H]2O[C@H]([C@H]3CO3)[C@H](O)[C@H](O)[C@H]2O)cc1. The zero-order valence-electron chi connectivity index (χ0n) is 11.3. The molecule has 0 bridgehead atoms. The molecule has 2 aliphatic heterocycles. The Morgan fingerprint density at radius 2 is 1.77 bits per heavy atom. The Balaban J connectivity index is 1.71. The van der Waals surface area contributed by atoms with Crippen LogP contribution in [0.5, 0.6) is 5.75 Å². The molecular formula is C13H15NO8. The molecule has 0 radical (unpaired) electrons. The van der Waals surface area contributed by atoms with Gasteiger partial charge in [-0.2, -0.15) is 0 Å². The lowest BCUT2D eigenvalue weighted by Gasteiger charge is -2.39. The summed E-state index contributed by atoms with van der Waals surface area (Å²) >= 11 is 0. The number of nitro groups is 1. The molecule has 1 aromatic carbocycles. The van der Waals surface area contributed by atoms with Gasteiger partial charge in [0.25, 0.3) is 5.69 Å². The summed E-state index contributed by atoms with van der Waals surface area (Å²) in [5, 5.41) is 40.2. The van der Waals surface area contributed by atoms with E-state index in [9.17, 15) is 25.4 Å². The molecule has 2 fully saturated rings. The lowest BCUT2D eigenvalue weighted by atomic mass is 9.97.